The molecule has 0 aliphatic carbocycles. The summed E-state index contributed by atoms with van der Waals surface area (Å²) in [6.07, 6.45) is 2.11. The molecule has 1 N–H and O–H groups in total. The zero-order valence-corrected chi connectivity index (χ0v) is 14.6. The number of aromatic nitrogens is 2. The Hall–Kier alpha value is -0.540. The Balaban J connectivity index is 2.94. The Morgan fingerprint density at radius 3 is 2.40 bits per heavy atom. The Labute approximate surface area is 129 Å². The van der Waals surface area contributed by atoms with Crippen molar-refractivity contribution < 1.29 is 0 Å². The van der Waals surface area contributed by atoms with E-state index in [1.165, 1.54) is 5.69 Å². The van der Waals surface area contributed by atoms with Crippen LogP contribution in [-0.2, 0) is 13.0 Å². The minimum absolute atomic E-state index is 0.453. The van der Waals surface area contributed by atoms with Crippen LogP contribution in [0.3, 0.4) is 0 Å². The summed E-state index contributed by atoms with van der Waals surface area (Å²) in [5, 5.41) is 9.05. The predicted octanol–water partition coefficient (Wildman–Crippen LogP) is 4.07. The van der Waals surface area contributed by atoms with Crippen molar-refractivity contribution in [1.82, 2.24) is 15.1 Å². The van der Waals surface area contributed by atoms with Crippen LogP contribution < -0.4 is 5.32 Å². The summed E-state index contributed by atoms with van der Waals surface area (Å²) in [6, 6.07) is 0.453. The van der Waals surface area contributed by atoms with E-state index in [4.69, 9.17) is 11.6 Å². The molecule has 1 heterocycles. The molecule has 0 saturated heterocycles. The van der Waals surface area contributed by atoms with Gasteiger partial charge < -0.3 is 5.32 Å². The largest absolute Gasteiger partial charge is 0.313 e. The fraction of sp³-hybridized carbons (Fsp3) is 0.812. The van der Waals surface area contributed by atoms with Crippen molar-refractivity contribution in [3.8, 4) is 0 Å². The first-order valence-electron chi connectivity index (χ1n) is 7.87. The summed E-state index contributed by atoms with van der Waals surface area (Å²) in [5.74, 6) is 1.26. The summed E-state index contributed by atoms with van der Waals surface area (Å²) in [7, 11) is 0. The van der Waals surface area contributed by atoms with Crippen molar-refractivity contribution in [2.75, 3.05) is 6.54 Å². The molecule has 0 saturated carbocycles. The van der Waals surface area contributed by atoms with Crippen molar-refractivity contribution in [2.45, 2.75) is 67.0 Å². The lowest BCUT2D eigenvalue weighted by Crippen LogP contribution is -2.40. The van der Waals surface area contributed by atoms with E-state index in [0.717, 1.165) is 36.6 Å². The van der Waals surface area contributed by atoms with Gasteiger partial charge in [0.1, 0.15) is 0 Å². The topological polar surface area (TPSA) is 29.9 Å². The molecule has 1 aromatic heterocycles. The molecule has 0 aliphatic heterocycles. The third-order valence-electron chi connectivity index (χ3n) is 4.21. The number of aryl methyl sites for hydroxylation is 2. The van der Waals surface area contributed by atoms with Gasteiger partial charge in [0.2, 0.25) is 0 Å². The molecule has 0 aromatic carbocycles. The van der Waals surface area contributed by atoms with Gasteiger partial charge in [-0.3, -0.25) is 4.68 Å². The van der Waals surface area contributed by atoms with E-state index in [1.54, 1.807) is 0 Å². The van der Waals surface area contributed by atoms with Gasteiger partial charge in [-0.15, -0.1) is 0 Å². The smallest absolute Gasteiger partial charge is 0.0847 e. The standard InChI is InChI=1S/C16H30ClN3/c1-7-9-18-14(12(5)11(3)4)10-15-16(17)13(6)19-20(15)8-2/h11-12,14,18H,7-10H2,1-6H3. The van der Waals surface area contributed by atoms with Gasteiger partial charge in [-0.2, -0.15) is 5.10 Å². The van der Waals surface area contributed by atoms with Crippen molar-refractivity contribution >= 4 is 11.6 Å². The number of halogens is 1. The number of hydrogen-bond acceptors (Lipinski definition) is 2. The lowest BCUT2D eigenvalue weighted by Gasteiger charge is -2.28. The fourth-order valence-corrected chi connectivity index (χ4v) is 2.72. The monoisotopic (exact) mass is 299 g/mol. The van der Waals surface area contributed by atoms with Crippen molar-refractivity contribution in [3.63, 3.8) is 0 Å². The minimum atomic E-state index is 0.453. The van der Waals surface area contributed by atoms with E-state index in [1.807, 2.05) is 11.6 Å². The van der Waals surface area contributed by atoms with Crippen LogP contribution in [0.15, 0.2) is 0 Å². The van der Waals surface area contributed by atoms with Gasteiger partial charge in [0.05, 0.1) is 16.4 Å². The molecule has 2 unspecified atom stereocenters. The highest BCUT2D eigenvalue weighted by Gasteiger charge is 2.23. The number of hydrogen-bond donors (Lipinski definition) is 1. The second-order valence-corrected chi connectivity index (χ2v) is 6.41. The molecular formula is C16H30ClN3. The van der Waals surface area contributed by atoms with Crippen molar-refractivity contribution in [2.24, 2.45) is 11.8 Å². The molecule has 4 heteroatoms. The SMILES string of the molecule is CCCNC(Cc1c(Cl)c(C)nn1CC)C(C)C(C)C. The molecule has 1 aromatic rings. The average Bonchev–Trinajstić information content (AvgIpc) is 2.69. The van der Waals surface area contributed by atoms with Crippen LogP contribution in [0.1, 0.15) is 52.4 Å². The first-order valence-corrected chi connectivity index (χ1v) is 8.25. The van der Waals surface area contributed by atoms with E-state index in [-0.39, 0.29) is 0 Å². The molecule has 0 amide bonds. The molecule has 0 aliphatic rings. The third-order valence-corrected chi connectivity index (χ3v) is 4.70. The molecule has 20 heavy (non-hydrogen) atoms. The molecule has 0 spiro atoms. The maximum Gasteiger partial charge on any atom is 0.0847 e. The van der Waals surface area contributed by atoms with E-state index in [2.05, 4.69) is 45.0 Å². The number of nitrogens with zero attached hydrogens (tertiary/aromatic N) is 2. The zero-order chi connectivity index (χ0) is 15.3. The van der Waals surface area contributed by atoms with Gasteiger partial charge in [0.15, 0.2) is 0 Å². The molecule has 1 rings (SSSR count). The van der Waals surface area contributed by atoms with Crippen LogP contribution in [0.4, 0.5) is 0 Å². The summed E-state index contributed by atoms with van der Waals surface area (Å²) in [5.41, 5.74) is 2.11. The predicted molar refractivity (Wildman–Crippen MR) is 87.4 cm³/mol. The van der Waals surface area contributed by atoms with E-state index in [9.17, 15) is 0 Å². The first kappa shape index (κ1) is 17.5. The molecule has 116 valence electrons. The van der Waals surface area contributed by atoms with Crippen LogP contribution in [-0.4, -0.2) is 22.4 Å². The van der Waals surface area contributed by atoms with E-state index < -0.39 is 0 Å². The quantitative estimate of drug-likeness (QED) is 0.784. The van der Waals surface area contributed by atoms with Gasteiger partial charge >= 0.3 is 0 Å². The summed E-state index contributed by atoms with van der Waals surface area (Å²) < 4.78 is 2.05. The van der Waals surface area contributed by atoms with E-state index >= 15 is 0 Å². The Kier molecular flexibility index (Phi) is 7.04. The van der Waals surface area contributed by atoms with Crippen LogP contribution >= 0.6 is 11.6 Å². The summed E-state index contributed by atoms with van der Waals surface area (Å²) >= 11 is 6.44. The number of nitrogens with one attached hydrogen (secondary N) is 1. The van der Waals surface area contributed by atoms with E-state index in [0.29, 0.717) is 17.9 Å². The lowest BCUT2D eigenvalue weighted by atomic mass is 9.87. The van der Waals surface area contributed by atoms with Crippen molar-refractivity contribution in [3.05, 3.63) is 16.4 Å². The van der Waals surface area contributed by atoms with Crippen LogP contribution in [0.25, 0.3) is 0 Å². The third kappa shape index (κ3) is 4.23. The van der Waals surface area contributed by atoms with Crippen LogP contribution in [0.2, 0.25) is 5.02 Å². The van der Waals surface area contributed by atoms with Crippen LogP contribution in [0.5, 0.6) is 0 Å². The normalized spacial score (nSPS) is 14.8. The molecule has 2 atom stereocenters. The Morgan fingerprint density at radius 1 is 1.25 bits per heavy atom. The van der Waals surface area contributed by atoms with Gasteiger partial charge in [-0.1, -0.05) is 39.3 Å². The van der Waals surface area contributed by atoms with Crippen molar-refractivity contribution in [1.29, 1.82) is 0 Å². The lowest BCUT2D eigenvalue weighted by molar-refractivity contribution is 0.293. The van der Waals surface area contributed by atoms with Gasteiger partial charge in [-0.05, 0) is 38.6 Å². The minimum Gasteiger partial charge on any atom is -0.313 e. The average molecular weight is 300 g/mol. The van der Waals surface area contributed by atoms with Gasteiger partial charge in [0.25, 0.3) is 0 Å². The molecule has 0 radical (unpaired) electrons. The zero-order valence-electron chi connectivity index (χ0n) is 13.8. The highest BCUT2D eigenvalue weighted by molar-refractivity contribution is 6.31. The highest BCUT2D eigenvalue weighted by atomic mass is 35.5. The molecular weight excluding hydrogens is 270 g/mol. The fourth-order valence-electron chi connectivity index (χ4n) is 2.51. The summed E-state index contributed by atoms with van der Waals surface area (Å²) in [4.78, 5) is 0. The van der Waals surface area contributed by atoms with Gasteiger partial charge in [0, 0.05) is 19.0 Å². The maximum absolute atomic E-state index is 6.44. The van der Waals surface area contributed by atoms with Crippen LogP contribution in [0, 0.1) is 18.8 Å². The Morgan fingerprint density at radius 2 is 1.90 bits per heavy atom. The molecule has 0 fully saturated rings. The highest BCUT2D eigenvalue weighted by Crippen LogP contribution is 2.25. The molecule has 3 nitrogen and oxygen atoms in total. The van der Waals surface area contributed by atoms with Gasteiger partial charge in [-0.25, -0.2) is 0 Å². The maximum atomic E-state index is 6.44. The number of rotatable bonds is 8. The second kappa shape index (κ2) is 8.04. The first-order chi connectivity index (χ1) is 9.42. The Bertz CT molecular complexity index is 412. The summed E-state index contributed by atoms with van der Waals surface area (Å²) in [6.45, 7) is 15.1. The molecule has 0 bridgehead atoms. The second-order valence-electron chi connectivity index (χ2n) is 6.03.